The van der Waals surface area contributed by atoms with Crippen molar-refractivity contribution in [1.82, 2.24) is 5.32 Å². The van der Waals surface area contributed by atoms with Gasteiger partial charge in [-0.2, -0.15) is 0 Å². The lowest BCUT2D eigenvalue weighted by atomic mass is 9.68. The number of ketones is 1. The van der Waals surface area contributed by atoms with E-state index < -0.39 is 5.92 Å². The Labute approximate surface area is 179 Å². The fourth-order valence-corrected chi connectivity index (χ4v) is 4.35. The first kappa shape index (κ1) is 22.1. The van der Waals surface area contributed by atoms with E-state index in [1.165, 1.54) is 0 Å². The molecule has 1 atom stereocenters. The molecule has 0 fully saturated rings. The van der Waals surface area contributed by atoms with E-state index in [1.807, 2.05) is 38.1 Å². The summed E-state index contributed by atoms with van der Waals surface area (Å²) in [5, 5.41) is 3.37. The molecule has 2 aliphatic rings. The van der Waals surface area contributed by atoms with Crippen LogP contribution in [0.1, 0.15) is 71.8 Å². The van der Waals surface area contributed by atoms with Crippen LogP contribution in [0.15, 0.2) is 46.8 Å². The van der Waals surface area contributed by atoms with Crippen molar-refractivity contribution in [3.8, 4) is 5.75 Å². The van der Waals surface area contributed by atoms with Crippen LogP contribution in [0.4, 0.5) is 0 Å². The van der Waals surface area contributed by atoms with Gasteiger partial charge < -0.3 is 14.8 Å². The fraction of sp³-hybridized carbons (Fsp3) is 0.520. The highest BCUT2D eigenvalue weighted by Gasteiger charge is 2.43. The minimum Gasteiger partial charge on any atom is -0.493 e. The Morgan fingerprint density at radius 1 is 1.13 bits per heavy atom. The second kappa shape index (κ2) is 9.07. The lowest BCUT2D eigenvalue weighted by Gasteiger charge is -2.39. The smallest absolute Gasteiger partial charge is 0.336 e. The van der Waals surface area contributed by atoms with Crippen LogP contribution in [0.25, 0.3) is 0 Å². The number of nitrogens with one attached hydrogen (secondary N) is 1. The van der Waals surface area contributed by atoms with Crippen molar-refractivity contribution in [2.75, 3.05) is 13.2 Å². The first-order chi connectivity index (χ1) is 14.3. The van der Waals surface area contributed by atoms with E-state index in [0.29, 0.717) is 36.5 Å². The molecule has 1 aliphatic heterocycles. The highest BCUT2D eigenvalue weighted by Crippen LogP contribution is 2.48. The topological polar surface area (TPSA) is 64.6 Å². The Morgan fingerprint density at radius 3 is 2.53 bits per heavy atom. The molecule has 5 nitrogen and oxygen atoms in total. The van der Waals surface area contributed by atoms with Gasteiger partial charge in [0.1, 0.15) is 5.75 Å². The average Bonchev–Trinajstić information content (AvgIpc) is 2.68. The summed E-state index contributed by atoms with van der Waals surface area (Å²) in [7, 11) is 0. The summed E-state index contributed by atoms with van der Waals surface area (Å²) in [6.07, 6.45) is 2.84. The summed E-state index contributed by atoms with van der Waals surface area (Å²) >= 11 is 0. The summed E-state index contributed by atoms with van der Waals surface area (Å²) in [5.74, 6) is -0.0646. The summed E-state index contributed by atoms with van der Waals surface area (Å²) in [6.45, 7) is 11.0. The number of carbonyl (C=O) groups is 2. The van der Waals surface area contributed by atoms with Gasteiger partial charge in [-0.05, 0) is 37.7 Å². The Kier molecular flexibility index (Phi) is 6.69. The molecule has 0 spiro atoms. The SMILES string of the molecule is CCCOC(=O)C1=C(C)NC2=C(C(=O)CC(C)(C)C2)[C@H]1c1ccccc1OCCC. The minimum atomic E-state index is -0.484. The predicted molar refractivity (Wildman–Crippen MR) is 117 cm³/mol. The van der Waals surface area contributed by atoms with Gasteiger partial charge in [0.25, 0.3) is 0 Å². The lowest BCUT2D eigenvalue weighted by Crippen LogP contribution is -2.38. The highest BCUT2D eigenvalue weighted by atomic mass is 16.5. The standard InChI is InChI=1S/C25H33NO4/c1-6-12-29-20-11-9-8-10-17(20)22-21(24(28)30-13-7-2)16(3)26-18-14-25(4,5)15-19(27)23(18)22/h8-11,22,26H,6-7,12-15H2,1-5H3/t22-/m0/s1. The third kappa shape index (κ3) is 4.45. The van der Waals surface area contributed by atoms with Crippen LogP contribution in [0.2, 0.25) is 0 Å². The van der Waals surface area contributed by atoms with E-state index in [-0.39, 0.29) is 17.2 Å². The predicted octanol–water partition coefficient (Wildman–Crippen LogP) is 5.03. The van der Waals surface area contributed by atoms with Crippen LogP contribution in [0.3, 0.4) is 0 Å². The van der Waals surface area contributed by atoms with Gasteiger partial charge in [-0.25, -0.2) is 4.79 Å². The third-order valence-corrected chi connectivity index (χ3v) is 5.59. The molecule has 1 aromatic rings. The van der Waals surface area contributed by atoms with Crippen molar-refractivity contribution in [2.45, 2.75) is 66.2 Å². The van der Waals surface area contributed by atoms with E-state index in [1.54, 1.807) is 0 Å². The van der Waals surface area contributed by atoms with Gasteiger partial charge in [-0.1, -0.05) is 45.9 Å². The van der Waals surface area contributed by atoms with Gasteiger partial charge >= 0.3 is 5.97 Å². The van der Waals surface area contributed by atoms with Crippen molar-refractivity contribution >= 4 is 11.8 Å². The molecule has 0 amide bonds. The van der Waals surface area contributed by atoms with Gasteiger partial charge in [-0.3, -0.25) is 4.79 Å². The molecule has 3 rings (SSSR count). The molecule has 0 saturated carbocycles. The molecule has 0 radical (unpaired) electrons. The molecule has 0 aromatic heterocycles. The van der Waals surface area contributed by atoms with E-state index in [4.69, 9.17) is 9.47 Å². The number of dihydropyridines is 1. The Balaban J connectivity index is 2.16. The molecule has 0 bridgehead atoms. The lowest BCUT2D eigenvalue weighted by molar-refractivity contribution is -0.139. The minimum absolute atomic E-state index is 0.0809. The molecule has 162 valence electrons. The molecule has 5 heteroatoms. The van der Waals surface area contributed by atoms with E-state index in [0.717, 1.165) is 36.2 Å². The number of benzene rings is 1. The zero-order valence-corrected chi connectivity index (χ0v) is 18.8. The van der Waals surface area contributed by atoms with E-state index >= 15 is 0 Å². The third-order valence-electron chi connectivity index (χ3n) is 5.59. The number of esters is 1. The number of Topliss-reactive ketones (excluding diaryl/α,β-unsaturated/α-hetero) is 1. The zero-order valence-electron chi connectivity index (χ0n) is 18.8. The molecule has 1 aliphatic carbocycles. The summed E-state index contributed by atoms with van der Waals surface area (Å²) in [4.78, 5) is 26.4. The Bertz CT molecular complexity index is 894. The number of para-hydroxylation sites is 1. The molecular formula is C25H33NO4. The van der Waals surface area contributed by atoms with Crippen molar-refractivity contribution < 1.29 is 19.1 Å². The van der Waals surface area contributed by atoms with Crippen molar-refractivity contribution in [3.05, 3.63) is 52.4 Å². The fourth-order valence-electron chi connectivity index (χ4n) is 4.35. The monoisotopic (exact) mass is 411 g/mol. The van der Waals surface area contributed by atoms with Gasteiger partial charge in [0, 0.05) is 29.0 Å². The van der Waals surface area contributed by atoms with Crippen LogP contribution in [0, 0.1) is 5.41 Å². The molecule has 0 unspecified atom stereocenters. The number of carbonyl (C=O) groups excluding carboxylic acids is 2. The summed E-state index contributed by atoms with van der Waals surface area (Å²) in [6, 6.07) is 7.72. The van der Waals surface area contributed by atoms with Crippen molar-refractivity contribution in [2.24, 2.45) is 5.41 Å². The normalized spacial score (nSPS) is 20.6. The molecule has 1 N–H and O–H groups in total. The first-order valence-corrected chi connectivity index (χ1v) is 10.9. The highest BCUT2D eigenvalue weighted by molar-refractivity contribution is 6.04. The van der Waals surface area contributed by atoms with Crippen molar-refractivity contribution in [1.29, 1.82) is 0 Å². The zero-order chi connectivity index (χ0) is 21.9. The maximum Gasteiger partial charge on any atom is 0.336 e. The first-order valence-electron chi connectivity index (χ1n) is 10.9. The van der Waals surface area contributed by atoms with Gasteiger partial charge in [0.05, 0.1) is 24.7 Å². The van der Waals surface area contributed by atoms with Crippen LogP contribution < -0.4 is 10.1 Å². The van der Waals surface area contributed by atoms with Gasteiger partial charge in [0.2, 0.25) is 0 Å². The number of rotatable bonds is 7. The number of hydrogen-bond acceptors (Lipinski definition) is 5. The van der Waals surface area contributed by atoms with Crippen LogP contribution in [0.5, 0.6) is 5.75 Å². The number of hydrogen-bond donors (Lipinski definition) is 1. The molecule has 1 aromatic carbocycles. The maximum absolute atomic E-state index is 13.3. The largest absolute Gasteiger partial charge is 0.493 e. The molecule has 30 heavy (non-hydrogen) atoms. The average molecular weight is 412 g/mol. The Hall–Kier alpha value is -2.56. The van der Waals surface area contributed by atoms with E-state index in [9.17, 15) is 9.59 Å². The number of allylic oxidation sites excluding steroid dienone is 3. The van der Waals surface area contributed by atoms with Gasteiger partial charge in [0.15, 0.2) is 5.78 Å². The molecular weight excluding hydrogens is 378 g/mol. The van der Waals surface area contributed by atoms with Crippen LogP contribution in [-0.4, -0.2) is 25.0 Å². The Morgan fingerprint density at radius 2 is 1.83 bits per heavy atom. The van der Waals surface area contributed by atoms with Crippen LogP contribution in [-0.2, 0) is 14.3 Å². The summed E-state index contributed by atoms with van der Waals surface area (Å²) in [5.41, 5.74) is 3.56. The number of ether oxygens (including phenoxy) is 2. The van der Waals surface area contributed by atoms with Gasteiger partial charge in [-0.15, -0.1) is 0 Å². The second-order valence-corrected chi connectivity index (χ2v) is 8.95. The quantitative estimate of drug-likeness (QED) is 0.637. The summed E-state index contributed by atoms with van der Waals surface area (Å²) < 4.78 is 11.5. The van der Waals surface area contributed by atoms with Crippen molar-refractivity contribution in [3.63, 3.8) is 0 Å². The van der Waals surface area contributed by atoms with Crippen LogP contribution >= 0.6 is 0 Å². The van der Waals surface area contributed by atoms with E-state index in [2.05, 4.69) is 26.1 Å². The molecule has 1 heterocycles. The molecule has 0 saturated heterocycles. The maximum atomic E-state index is 13.3. The second-order valence-electron chi connectivity index (χ2n) is 8.95.